The Kier molecular flexibility index (Phi) is 3.23. The largest absolute Gasteiger partial charge is 0.336 e. The second-order valence-electron chi connectivity index (χ2n) is 4.93. The van der Waals surface area contributed by atoms with Gasteiger partial charge in [0.05, 0.1) is 12.5 Å². The molecule has 0 spiro atoms. The molecule has 104 valence electrons. The highest BCUT2D eigenvalue weighted by Crippen LogP contribution is 2.16. The number of rotatable bonds is 2. The number of aromatic nitrogens is 2. The van der Waals surface area contributed by atoms with Crippen molar-refractivity contribution in [2.24, 2.45) is 5.73 Å². The molecule has 1 aromatic carbocycles. The Morgan fingerprint density at radius 2 is 2.10 bits per heavy atom. The van der Waals surface area contributed by atoms with Gasteiger partial charge in [0.25, 0.3) is 5.91 Å². The molecule has 2 heterocycles. The molecule has 0 unspecified atom stereocenters. The molecule has 0 bridgehead atoms. The van der Waals surface area contributed by atoms with Gasteiger partial charge in [0, 0.05) is 24.8 Å². The van der Waals surface area contributed by atoms with Crippen molar-refractivity contribution < 1.29 is 9.18 Å². The van der Waals surface area contributed by atoms with Gasteiger partial charge in [0.15, 0.2) is 0 Å². The first-order valence-corrected chi connectivity index (χ1v) is 6.48. The van der Waals surface area contributed by atoms with Crippen LogP contribution in [0.2, 0.25) is 0 Å². The van der Waals surface area contributed by atoms with Crippen LogP contribution in [0.25, 0.3) is 5.69 Å². The van der Waals surface area contributed by atoms with E-state index in [2.05, 4.69) is 4.98 Å². The minimum Gasteiger partial charge on any atom is -0.336 e. The number of amides is 1. The molecular weight excluding hydrogens is 259 g/mol. The lowest BCUT2D eigenvalue weighted by atomic mass is 10.3. The molecule has 1 amide bonds. The topological polar surface area (TPSA) is 64.2 Å². The fourth-order valence-electron chi connectivity index (χ4n) is 2.39. The predicted octanol–water partition coefficient (Wildman–Crippen LogP) is 1.18. The summed E-state index contributed by atoms with van der Waals surface area (Å²) in [5.41, 5.74) is 6.99. The summed E-state index contributed by atoms with van der Waals surface area (Å²) in [5, 5.41) is 0. The van der Waals surface area contributed by atoms with Crippen LogP contribution >= 0.6 is 0 Å². The molecule has 0 radical (unpaired) electrons. The molecule has 3 rings (SSSR count). The zero-order valence-electron chi connectivity index (χ0n) is 10.9. The van der Waals surface area contributed by atoms with Gasteiger partial charge < -0.3 is 10.6 Å². The highest BCUT2D eigenvalue weighted by molar-refractivity contribution is 5.93. The summed E-state index contributed by atoms with van der Waals surface area (Å²) in [6, 6.07) is 5.98. The van der Waals surface area contributed by atoms with Crippen molar-refractivity contribution in [3.63, 3.8) is 0 Å². The lowest BCUT2D eigenvalue weighted by Gasteiger charge is -2.16. The van der Waals surface area contributed by atoms with E-state index in [4.69, 9.17) is 5.73 Å². The Morgan fingerprint density at radius 3 is 2.75 bits per heavy atom. The maximum Gasteiger partial charge on any atom is 0.272 e. The summed E-state index contributed by atoms with van der Waals surface area (Å²) >= 11 is 0. The van der Waals surface area contributed by atoms with Crippen LogP contribution < -0.4 is 5.73 Å². The number of imidazole rings is 1. The standard InChI is InChI=1S/C14H15FN4O/c15-10-1-3-12(4-2-10)19-9-17-7-13(19)14(20)18-6-5-11(16)8-18/h1-4,7,9,11H,5-6,8,16H2/t11-/m1/s1. The molecule has 1 fully saturated rings. The molecule has 0 saturated carbocycles. The number of hydrogen-bond donors (Lipinski definition) is 1. The SMILES string of the molecule is N[C@@H]1CCN(C(=O)c2cncn2-c2ccc(F)cc2)C1. The average molecular weight is 274 g/mol. The van der Waals surface area contributed by atoms with E-state index < -0.39 is 0 Å². The highest BCUT2D eigenvalue weighted by Gasteiger charge is 2.26. The van der Waals surface area contributed by atoms with Crippen LogP contribution in [0.5, 0.6) is 0 Å². The van der Waals surface area contributed by atoms with E-state index in [1.165, 1.54) is 18.3 Å². The van der Waals surface area contributed by atoms with Crippen molar-refractivity contribution in [3.8, 4) is 5.69 Å². The van der Waals surface area contributed by atoms with E-state index in [9.17, 15) is 9.18 Å². The molecule has 2 N–H and O–H groups in total. The van der Waals surface area contributed by atoms with E-state index >= 15 is 0 Å². The fourth-order valence-corrected chi connectivity index (χ4v) is 2.39. The Balaban J connectivity index is 1.90. The third kappa shape index (κ3) is 2.30. The van der Waals surface area contributed by atoms with E-state index in [1.807, 2.05) is 0 Å². The average Bonchev–Trinajstić information content (AvgIpc) is 3.07. The van der Waals surface area contributed by atoms with E-state index in [0.29, 0.717) is 24.5 Å². The van der Waals surface area contributed by atoms with Gasteiger partial charge in [0.1, 0.15) is 11.5 Å². The van der Waals surface area contributed by atoms with Gasteiger partial charge in [-0.15, -0.1) is 0 Å². The number of nitrogens with two attached hydrogens (primary N) is 1. The van der Waals surface area contributed by atoms with E-state index in [-0.39, 0.29) is 17.8 Å². The van der Waals surface area contributed by atoms with Gasteiger partial charge in [-0.3, -0.25) is 9.36 Å². The maximum atomic E-state index is 13.0. The summed E-state index contributed by atoms with van der Waals surface area (Å²) in [6.07, 6.45) is 3.89. The zero-order valence-corrected chi connectivity index (χ0v) is 10.9. The van der Waals surface area contributed by atoms with Crippen molar-refractivity contribution in [2.45, 2.75) is 12.5 Å². The van der Waals surface area contributed by atoms with Gasteiger partial charge in [-0.2, -0.15) is 0 Å². The quantitative estimate of drug-likeness (QED) is 0.894. The lowest BCUT2D eigenvalue weighted by Crippen LogP contribution is -2.32. The van der Waals surface area contributed by atoms with Crippen molar-refractivity contribution in [1.29, 1.82) is 0 Å². The Bertz CT molecular complexity index is 622. The normalized spacial score (nSPS) is 18.5. The second-order valence-corrected chi connectivity index (χ2v) is 4.93. The summed E-state index contributed by atoms with van der Waals surface area (Å²) in [6.45, 7) is 1.22. The van der Waals surface area contributed by atoms with Crippen molar-refractivity contribution in [1.82, 2.24) is 14.5 Å². The molecule has 6 heteroatoms. The first-order valence-electron chi connectivity index (χ1n) is 6.48. The smallest absolute Gasteiger partial charge is 0.272 e. The highest BCUT2D eigenvalue weighted by atomic mass is 19.1. The molecule has 1 aromatic heterocycles. The third-order valence-corrected chi connectivity index (χ3v) is 3.47. The molecule has 1 aliphatic rings. The molecule has 1 saturated heterocycles. The minimum atomic E-state index is -0.313. The number of halogens is 1. The number of hydrogen-bond acceptors (Lipinski definition) is 3. The van der Waals surface area contributed by atoms with Crippen LogP contribution in [0, 0.1) is 5.82 Å². The number of nitrogens with zero attached hydrogens (tertiary/aromatic N) is 3. The second kappa shape index (κ2) is 5.05. The third-order valence-electron chi connectivity index (χ3n) is 3.47. The first-order chi connectivity index (χ1) is 9.65. The van der Waals surface area contributed by atoms with Crippen LogP contribution in [-0.4, -0.2) is 39.5 Å². The van der Waals surface area contributed by atoms with E-state index in [0.717, 1.165) is 6.42 Å². The van der Waals surface area contributed by atoms with Crippen LogP contribution in [-0.2, 0) is 0 Å². The number of benzene rings is 1. The molecule has 5 nitrogen and oxygen atoms in total. The molecule has 0 aliphatic carbocycles. The van der Waals surface area contributed by atoms with Gasteiger partial charge >= 0.3 is 0 Å². The molecule has 2 aromatic rings. The van der Waals surface area contributed by atoms with Crippen LogP contribution in [0.1, 0.15) is 16.9 Å². The fraction of sp³-hybridized carbons (Fsp3) is 0.286. The summed E-state index contributed by atoms with van der Waals surface area (Å²) < 4.78 is 14.6. The van der Waals surface area contributed by atoms with Gasteiger partial charge in [-0.25, -0.2) is 9.37 Å². The summed E-state index contributed by atoms with van der Waals surface area (Å²) in [4.78, 5) is 18.2. The minimum absolute atomic E-state index is 0.0427. The van der Waals surface area contributed by atoms with Crippen molar-refractivity contribution >= 4 is 5.91 Å². The Morgan fingerprint density at radius 1 is 1.35 bits per heavy atom. The first kappa shape index (κ1) is 12.8. The van der Waals surface area contributed by atoms with Crippen LogP contribution in [0.4, 0.5) is 4.39 Å². The summed E-state index contributed by atoms with van der Waals surface area (Å²) in [5.74, 6) is -0.410. The number of carbonyl (C=O) groups excluding carboxylic acids is 1. The molecule has 1 atom stereocenters. The summed E-state index contributed by atoms with van der Waals surface area (Å²) in [7, 11) is 0. The maximum absolute atomic E-state index is 13.0. The zero-order chi connectivity index (χ0) is 14.1. The van der Waals surface area contributed by atoms with Gasteiger partial charge in [-0.1, -0.05) is 0 Å². The van der Waals surface area contributed by atoms with E-state index in [1.54, 1.807) is 27.9 Å². The molecular formula is C14H15FN4O. The Hall–Kier alpha value is -2.21. The number of carbonyl (C=O) groups is 1. The number of likely N-dealkylation sites (tertiary alicyclic amines) is 1. The van der Waals surface area contributed by atoms with Crippen molar-refractivity contribution in [2.75, 3.05) is 13.1 Å². The molecule has 1 aliphatic heterocycles. The monoisotopic (exact) mass is 274 g/mol. The van der Waals surface area contributed by atoms with Crippen LogP contribution in [0.15, 0.2) is 36.8 Å². The predicted molar refractivity (Wildman–Crippen MR) is 72.0 cm³/mol. The molecule has 20 heavy (non-hydrogen) atoms. The lowest BCUT2D eigenvalue weighted by molar-refractivity contribution is 0.0783. The van der Waals surface area contributed by atoms with Gasteiger partial charge in [0.2, 0.25) is 0 Å². The van der Waals surface area contributed by atoms with Crippen LogP contribution in [0.3, 0.4) is 0 Å². The van der Waals surface area contributed by atoms with Crippen molar-refractivity contribution in [3.05, 3.63) is 48.3 Å². The Labute approximate surface area is 115 Å². The van der Waals surface area contributed by atoms with Gasteiger partial charge in [-0.05, 0) is 30.7 Å².